The highest BCUT2D eigenvalue weighted by Crippen LogP contribution is 2.24. The van der Waals surface area contributed by atoms with Gasteiger partial charge in [0.1, 0.15) is 17.5 Å². The summed E-state index contributed by atoms with van der Waals surface area (Å²) >= 11 is 0. The van der Waals surface area contributed by atoms with Gasteiger partial charge in [0.05, 0.1) is 6.04 Å². The topological polar surface area (TPSA) is 156 Å². The first-order valence-electron chi connectivity index (χ1n) is 13.6. The highest BCUT2D eigenvalue weighted by Gasteiger charge is 2.42. The van der Waals surface area contributed by atoms with Crippen molar-refractivity contribution in [3.8, 4) is 0 Å². The number of carboxylic acids is 1. The highest BCUT2D eigenvalue weighted by molar-refractivity contribution is 5.87. The molecule has 3 aliphatic rings. The molecule has 3 saturated heterocycles. The molecule has 0 aliphatic carbocycles. The summed E-state index contributed by atoms with van der Waals surface area (Å²) in [6.07, 6.45) is 0.507. The summed E-state index contributed by atoms with van der Waals surface area (Å²) < 4.78 is 11.2. The first kappa shape index (κ1) is 29.9. The van der Waals surface area contributed by atoms with Crippen LogP contribution in [0.3, 0.4) is 0 Å². The van der Waals surface area contributed by atoms with Gasteiger partial charge < -0.3 is 30.1 Å². The predicted molar refractivity (Wildman–Crippen MR) is 141 cm³/mol. The summed E-state index contributed by atoms with van der Waals surface area (Å²) in [6, 6.07) is -0.614. The molecule has 0 saturated carbocycles. The van der Waals surface area contributed by atoms with Crippen molar-refractivity contribution in [1.29, 1.82) is 5.41 Å². The Morgan fingerprint density at radius 3 is 2.29 bits per heavy atom. The molecule has 0 spiro atoms. The SMILES string of the molecule is CC1C(N2CCN(CCCC(=O)O)CC2)OC(=O)N1CCCN1CCN(C(=O)OC(C)(C)C)C(C(=N)N)C1. The van der Waals surface area contributed by atoms with Crippen LogP contribution in [0.25, 0.3) is 0 Å². The van der Waals surface area contributed by atoms with E-state index in [1.807, 2.05) is 27.7 Å². The molecule has 0 aromatic heterocycles. The van der Waals surface area contributed by atoms with Crippen LogP contribution in [0.1, 0.15) is 47.0 Å². The van der Waals surface area contributed by atoms with Gasteiger partial charge in [-0.2, -0.15) is 0 Å². The number of amides is 2. The Balaban J connectivity index is 1.43. The van der Waals surface area contributed by atoms with E-state index in [0.29, 0.717) is 39.1 Å². The maximum absolute atomic E-state index is 12.7. The van der Waals surface area contributed by atoms with Crippen molar-refractivity contribution in [1.82, 2.24) is 24.5 Å². The average molecular weight is 540 g/mol. The molecule has 3 atom stereocenters. The third-order valence-electron chi connectivity index (χ3n) is 7.32. The van der Waals surface area contributed by atoms with Crippen LogP contribution in [-0.2, 0) is 14.3 Å². The van der Waals surface area contributed by atoms with Gasteiger partial charge >= 0.3 is 18.2 Å². The van der Waals surface area contributed by atoms with Crippen molar-refractivity contribution < 1.29 is 29.0 Å². The second-order valence-electron chi connectivity index (χ2n) is 11.4. The summed E-state index contributed by atoms with van der Waals surface area (Å²) in [7, 11) is 0. The molecule has 13 heteroatoms. The monoisotopic (exact) mass is 539 g/mol. The van der Waals surface area contributed by atoms with Gasteiger partial charge in [-0.05, 0) is 53.6 Å². The van der Waals surface area contributed by atoms with Crippen LogP contribution in [0.15, 0.2) is 0 Å². The van der Waals surface area contributed by atoms with Crippen molar-refractivity contribution in [2.45, 2.75) is 70.9 Å². The van der Waals surface area contributed by atoms with Crippen molar-refractivity contribution in [2.75, 3.05) is 65.4 Å². The lowest BCUT2D eigenvalue weighted by atomic mass is 10.1. The fraction of sp³-hybridized carbons (Fsp3) is 0.840. The molecule has 3 heterocycles. The molecule has 2 amide bonds. The lowest BCUT2D eigenvalue weighted by Crippen LogP contribution is -2.60. The van der Waals surface area contributed by atoms with Gasteiger partial charge in [-0.15, -0.1) is 0 Å². The van der Waals surface area contributed by atoms with Crippen LogP contribution in [0, 0.1) is 5.41 Å². The summed E-state index contributed by atoms with van der Waals surface area (Å²) in [6.45, 7) is 14.2. The predicted octanol–water partition coefficient (Wildman–Crippen LogP) is 0.883. The Morgan fingerprint density at radius 2 is 1.68 bits per heavy atom. The normalized spacial score (nSPS) is 25.9. The minimum Gasteiger partial charge on any atom is -0.481 e. The fourth-order valence-corrected chi connectivity index (χ4v) is 5.27. The number of hydrogen-bond donors (Lipinski definition) is 3. The van der Waals surface area contributed by atoms with Gasteiger partial charge in [-0.3, -0.25) is 24.9 Å². The molecule has 3 fully saturated rings. The van der Waals surface area contributed by atoms with Gasteiger partial charge in [-0.1, -0.05) is 0 Å². The largest absolute Gasteiger partial charge is 0.481 e. The number of amidine groups is 1. The van der Waals surface area contributed by atoms with Crippen molar-refractivity contribution in [2.24, 2.45) is 5.73 Å². The molecule has 3 rings (SSSR count). The second kappa shape index (κ2) is 12.9. The maximum Gasteiger partial charge on any atom is 0.411 e. The van der Waals surface area contributed by atoms with E-state index in [1.165, 1.54) is 4.90 Å². The van der Waals surface area contributed by atoms with Gasteiger partial charge in [0, 0.05) is 58.8 Å². The number of nitrogens with two attached hydrogens (primary N) is 1. The number of hydrogen-bond acceptors (Lipinski definition) is 9. The molecule has 4 N–H and O–H groups in total. The molecule has 0 aromatic rings. The summed E-state index contributed by atoms with van der Waals surface area (Å²) in [4.78, 5) is 45.9. The number of cyclic esters (lactones) is 1. The Hall–Kier alpha value is -2.64. The first-order chi connectivity index (χ1) is 17.9. The minimum absolute atomic E-state index is 0.0675. The molecule has 0 aromatic carbocycles. The zero-order valence-electron chi connectivity index (χ0n) is 23.2. The smallest absolute Gasteiger partial charge is 0.411 e. The van der Waals surface area contributed by atoms with Gasteiger partial charge in [0.2, 0.25) is 0 Å². The Bertz CT molecular complexity index is 858. The lowest BCUT2D eigenvalue weighted by Gasteiger charge is -2.41. The number of carbonyl (C=O) groups is 3. The summed E-state index contributed by atoms with van der Waals surface area (Å²) in [5, 5.41) is 16.8. The van der Waals surface area contributed by atoms with Crippen LogP contribution in [0.2, 0.25) is 0 Å². The molecule has 3 aliphatic heterocycles. The number of rotatable bonds is 10. The van der Waals surface area contributed by atoms with Crippen molar-refractivity contribution in [3.05, 3.63) is 0 Å². The molecule has 0 bridgehead atoms. The van der Waals surface area contributed by atoms with E-state index in [2.05, 4.69) is 14.7 Å². The number of nitrogens with one attached hydrogen (secondary N) is 1. The number of aliphatic carboxylic acids is 1. The zero-order chi connectivity index (χ0) is 28.0. The molecule has 13 nitrogen and oxygen atoms in total. The molecule has 38 heavy (non-hydrogen) atoms. The van der Waals surface area contributed by atoms with Crippen molar-refractivity contribution in [3.63, 3.8) is 0 Å². The quantitative estimate of drug-likeness (QED) is 0.269. The van der Waals surface area contributed by atoms with Crippen LogP contribution in [0.4, 0.5) is 9.59 Å². The molecular formula is C25H45N7O6. The number of nitrogens with zero attached hydrogens (tertiary/aromatic N) is 5. The summed E-state index contributed by atoms with van der Waals surface area (Å²) in [5.74, 6) is -0.834. The maximum atomic E-state index is 12.7. The number of piperazine rings is 2. The van der Waals surface area contributed by atoms with Crippen LogP contribution >= 0.6 is 0 Å². The molecule has 216 valence electrons. The van der Waals surface area contributed by atoms with E-state index in [4.69, 9.17) is 25.7 Å². The standard InChI is InChI=1S/C25H45N7O6/c1-18-22(30-14-11-28(12-15-30)8-5-7-20(33)34)37-23(35)31(18)10-6-9-29-13-16-32(19(17-29)21(26)27)24(36)38-25(2,3)4/h18-19,22H,5-17H2,1-4H3,(H3,26,27)(H,33,34). The van der Waals surface area contributed by atoms with E-state index in [1.54, 1.807) is 4.90 Å². The van der Waals surface area contributed by atoms with Gasteiger partial charge in [0.15, 0.2) is 6.23 Å². The third kappa shape index (κ3) is 8.18. The van der Waals surface area contributed by atoms with Gasteiger partial charge in [0.25, 0.3) is 0 Å². The Labute approximate surface area is 225 Å². The molecule has 0 radical (unpaired) electrons. The third-order valence-corrected chi connectivity index (χ3v) is 7.32. The average Bonchev–Trinajstić information content (AvgIpc) is 3.11. The van der Waals surface area contributed by atoms with E-state index in [9.17, 15) is 14.4 Å². The number of ether oxygens (including phenoxy) is 2. The highest BCUT2D eigenvalue weighted by atomic mass is 16.6. The van der Waals surface area contributed by atoms with Crippen LogP contribution < -0.4 is 5.73 Å². The van der Waals surface area contributed by atoms with Crippen LogP contribution in [0.5, 0.6) is 0 Å². The van der Waals surface area contributed by atoms with E-state index >= 15 is 0 Å². The zero-order valence-corrected chi connectivity index (χ0v) is 23.2. The first-order valence-corrected chi connectivity index (χ1v) is 13.6. The minimum atomic E-state index is -0.767. The van der Waals surface area contributed by atoms with Crippen LogP contribution in [-0.4, -0.2) is 143 Å². The fourth-order valence-electron chi connectivity index (χ4n) is 5.27. The number of carbonyl (C=O) groups excluding carboxylic acids is 2. The van der Waals surface area contributed by atoms with Gasteiger partial charge in [-0.25, -0.2) is 9.59 Å². The summed E-state index contributed by atoms with van der Waals surface area (Å²) in [5.41, 5.74) is 5.20. The molecule has 3 unspecified atom stereocenters. The van der Waals surface area contributed by atoms with E-state index in [-0.39, 0.29) is 30.6 Å². The lowest BCUT2D eigenvalue weighted by molar-refractivity contribution is -0.137. The second-order valence-corrected chi connectivity index (χ2v) is 11.4. The van der Waals surface area contributed by atoms with Crippen molar-refractivity contribution >= 4 is 24.0 Å². The number of carboxylic acid groups (broad SMARTS) is 1. The Morgan fingerprint density at radius 1 is 1.05 bits per heavy atom. The molecular weight excluding hydrogens is 494 g/mol. The van der Waals surface area contributed by atoms with E-state index in [0.717, 1.165) is 39.1 Å². The Kier molecular flexibility index (Phi) is 10.2. The van der Waals surface area contributed by atoms with E-state index < -0.39 is 23.7 Å².